The van der Waals surface area contributed by atoms with E-state index in [0.29, 0.717) is 41.3 Å². The fraction of sp³-hybridized carbons (Fsp3) is 0.353. The Morgan fingerprint density at radius 3 is 2.62 bits per heavy atom. The van der Waals surface area contributed by atoms with E-state index < -0.39 is 0 Å². The number of halogens is 2. The van der Waals surface area contributed by atoms with Gasteiger partial charge in [0.15, 0.2) is 5.76 Å². The van der Waals surface area contributed by atoms with Gasteiger partial charge in [-0.2, -0.15) is 0 Å². The molecule has 0 bridgehead atoms. The molecule has 5 nitrogen and oxygen atoms in total. The van der Waals surface area contributed by atoms with Gasteiger partial charge >= 0.3 is 0 Å². The lowest BCUT2D eigenvalue weighted by molar-refractivity contribution is 0.0590. The SMILES string of the molecule is O=C(c1ccco1)N1CCN(CCOc2ccc(Cl)cc2Cl)CC1. The molecular weight excluding hydrogens is 351 g/mol. The Labute approximate surface area is 150 Å². The van der Waals surface area contributed by atoms with Crippen LogP contribution in [0.3, 0.4) is 0 Å². The molecule has 1 aliphatic rings. The zero-order chi connectivity index (χ0) is 16.9. The van der Waals surface area contributed by atoms with Crippen LogP contribution >= 0.6 is 23.2 Å². The van der Waals surface area contributed by atoms with E-state index >= 15 is 0 Å². The minimum Gasteiger partial charge on any atom is -0.491 e. The smallest absolute Gasteiger partial charge is 0.289 e. The molecule has 2 heterocycles. The Bertz CT molecular complexity index is 683. The summed E-state index contributed by atoms with van der Waals surface area (Å²) in [5.74, 6) is 0.973. The first-order valence-electron chi connectivity index (χ1n) is 7.76. The summed E-state index contributed by atoms with van der Waals surface area (Å²) in [5, 5.41) is 1.10. The summed E-state index contributed by atoms with van der Waals surface area (Å²) in [6.07, 6.45) is 1.52. The van der Waals surface area contributed by atoms with Crippen molar-refractivity contribution in [3.8, 4) is 5.75 Å². The molecule has 1 aromatic carbocycles. The number of piperazine rings is 1. The van der Waals surface area contributed by atoms with E-state index in [1.165, 1.54) is 6.26 Å². The second kappa shape index (κ2) is 7.92. The maximum atomic E-state index is 12.2. The number of ether oxygens (including phenoxy) is 1. The number of carbonyl (C=O) groups excluding carboxylic acids is 1. The van der Waals surface area contributed by atoms with Crippen molar-refractivity contribution >= 4 is 29.1 Å². The van der Waals surface area contributed by atoms with Crippen molar-refractivity contribution in [2.75, 3.05) is 39.3 Å². The molecule has 24 heavy (non-hydrogen) atoms. The summed E-state index contributed by atoms with van der Waals surface area (Å²) in [5.41, 5.74) is 0. The molecule has 128 valence electrons. The maximum absolute atomic E-state index is 12.2. The average molecular weight is 369 g/mol. The molecule has 1 amide bonds. The summed E-state index contributed by atoms with van der Waals surface area (Å²) in [4.78, 5) is 16.3. The third kappa shape index (κ3) is 4.23. The first kappa shape index (κ1) is 17.1. The minimum atomic E-state index is -0.0520. The largest absolute Gasteiger partial charge is 0.491 e. The Balaban J connectivity index is 1.42. The van der Waals surface area contributed by atoms with Gasteiger partial charge in [0.05, 0.1) is 11.3 Å². The molecule has 0 N–H and O–H groups in total. The zero-order valence-electron chi connectivity index (χ0n) is 13.1. The van der Waals surface area contributed by atoms with Crippen LogP contribution in [0.15, 0.2) is 41.0 Å². The van der Waals surface area contributed by atoms with Crippen LogP contribution in [0.5, 0.6) is 5.75 Å². The summed E-state index contributed by atoms with van der Waals surface area (Å²) < 4.78 is 10.9. The molecule has 2 aromatic rings. The number of benzene rings is 1. The van der Waals surface area contributed by atoms with Crippen molar-refractivity contribution < 1.29 is 13.9 Å². The second-order valence-electron chi connectivity index (χ2n) is 5.53. The van der Waals surface area contributed by atoms with Crippen molar-refractivity contribution in [1.82, 2.24) is 9.80 Å². The number of rotatable bonds is 5. The molecule has 0 unspecified atom stereocenters. The fourth-order valence-corrected chi connectivity index (χ4v) is 3.07. The predicted octanol–water partition coefficient (Wildman–Crippen LogP) is 3.42. The van der Waals surface area contributed by atoms with E-state index in [2.05, 4.69) is 4.90 Å². The maximum Gasteiger partial charge on any atom is 0.289 e. The van der Waals surface area contributed by atoms with E-state index in [9.17, 15) is 4.79 Å². The first-order chi connectivity index (χ1) is 11.6. The van der Waals surface area contributed by atoms with Crippen LogP contribution < -0.4 is 4.74 Å². The number of amides is 1. The van der Waals surface area contributed by atoms with Crippen LogP contribution in [0.1, 0.15) is 10.6 Å². The Morgan fingerprint density at radius 1 is 1.17 bits per heavy atom. The normalized spacial score (nSPS) is 15.5. The molecule has 3 rings (SSSR count). The van der Waals surface area contributed by atoms with Gasteiger partial charge in [0.25, 0.3) is 5.91 Å². The van der Waals surface area contributed by atoms with Crippen LogP contribution in [0.4, 0.5) is 0 Å². The summed E-state index contributed by atoms with van der Waals surface area (Å²) in [6.45, 7) is 4.30. The van der Waals surface area contributed by atoms with E-state index in [0.717, 1.165) is 19.6 Å². The van der Waals surface area contributed by atoms with Gasteiger partial charge in [-0.3, -0.25) is 9.69 Å². The quantitative estimate of drug-likeness (QED) is 0.810. The highest BCUT2D eigenvalue weighted by atomic mass is 35.5. The Hall–Kier alpha value is -1.69. The molecule has 7 heteroatoms. The Morgan fingerprint density at radius 2 is 1.96 bits per heavy atom. The minimum absolute atomic E-state index is 0.0520. The van der Waals surface area contributed by atoms with Crippen molar-refractivity contribution in [3.63, 3.8) is 0 Å². The van der Waals surface area contributed by atoms with Gasteiger partial charge in [0.1, 0.15) is 12.4 Å². The standard InChI is InChI=1S/C17H18Cl2N2O3/c18-13-3-4-15(14(19)12-13)24-11-9-20-5-7-21(8-6-20)17(22)16-2-1-10-23-16/h1-4,10,12H,5-9,11H2. The highest BCUT2D eigenvalue weighted by Gasteiger charge is 2.23. The van der Waals surface area contributed by atoms with E-state index in [4.69, 9.17) is 32.4 Å². The number of hydrogen-bond acceptors (Lipinski definition) is 4. The van der Waals surface area contributed by atoms with Crippen LogP contribution in [0, 0.1) is 0 Å². The lowest BCUT2D eigenvalue weighted by Crippen LogP contribution is -2.49. The Kier molecular flexibility index (Phi) is 5.66. The van der Waals surface area contributed by atoms with Gasteiger partial charge in [-0.05, 0) is 30.3 Å². The highest BCUT2D eigenvalue weighted by Crippen LogP contribution is 2.27. The summed E-state index contributed by atoms with van der Waals surface area (Å²) in [6, 6.07) is 8.60. The van der Waals surface area contributed by atoms with Crippen LogP contribution in [-0.4, -0.2) is 55.0 Å². The van der Waals surface area contributed by atoms with Gasteiger partial charge in [0.2, 0.25) is 0 Å². The molecule has 0 atom stereocenters. The highest BCUT2D eigenvalue weighted by molar-refractivity contribution is 6.35. The molecule has 1 fully saturated rings. The summed E-state index contributed by atoms with van der Waals surface area (Å²) >= 11 is 11.9. The lowest BCUT2D eigenvalue weighted by Gasteiger charge is -2.34. The van der Waals surface area contributed by atoms with E-state index in [-0.39, 0.29) is 5.91 Å². The van der Waals surface area contributed by atoms with Crippen LogP contribution in [0.2, 0.25) is 10.0 Å². The van der Waals surface area contributed by atoms with Crippen molar-refractivity contribution in [2.24, 2.45) is 0 Å². The molecule has 1 aliphatic heterocycles. The van der Waals surface area contributed by atoms with Crippen molar-refractivity contribution in [1.29, 1.82) is 0 Å². The van der Waals surface area contributed by atoms with Gasteiger partial charge in [-0.15, -0.1) is 0 Å². The predicted molar refractivity (Wildman–Crippen MR) is 93.0 cm³/mol. The molecule has 1 aromatic heterocycles. The van der Waals surface area contributed by atoms with Gasteiger partial charge in [-0.25, -0.2) is 0 Å². The van der Waals surface area contributed by atoms with Gasteiger partial charge < -0.3 is 14.1 Å². The molecule has 0 aliphatic carbocycles. The number of hydrogen-bond donors (Lipinski definition) is 0. The molecular formula is C17H18Cl2N2O3. The third-order valence-corrected chi connectivity index (χ3v) is 4.48. The number of furan rings is 1. The van der Waals surface area contributed by atoms with E-state index in [1.54, 1.807) is 30.3 Å². The van der Waals surface area contributed by atoms with Gasteiger partial charge in [-0.1, -0.05) is 23.2 Å². The monoisotopic (exact) mass is 368 g/mol. The lowest BCUT2D eigenvalue weighted by atomic mass is 10.3. The summed E-state index contributed by atoms with van der Waals surface area (Å²) in [7, 11) is 0. The molecule has 0 saturated carbocycles. The molecule has 1 saturated heterocycles. The molecule has 0 radical (unpaired) electrons. The topological polar surface area (TPSA) is 45.9 Å². The number of carbonyl (C=O) groups is 1. The average Bonchev–Trinajstić information content (AvgIpc) is 3.11. The van der Waals surface area contributed by atoms with Gasteiger partial charge in [0, 0.05) is 37.7 Å². The van der Waals surface area contributed by atoms with Crippen LogP contribution in [0.25, 0.3) is 0 Å². The van der Waals surface area contributed by atoms with E-state index in [1.807, 2.05) is 4.90 Å². The van der Waals surface area contributed by atoms with Crippen molar-refractivity contribution in [3.05, 3.63) is 52.4 Å². The first-order valence-corrected chi connectivity index (χ1v) is 8.52. The van der Waals surface area contributed by atoms with Crippen LogP contribution in [-0.2, 0) is 0 Å². The zero-order valence-corrected chi connectivity index (χ0v) is 14.6. The third-order valence-electron chi connectivity index (χ3n) is 3.95. The second-order valence-corrected chi connectivity index (χ2v) is 6.38. The van der Waals surface area contributed by atoms with Crippen molar-refractivity contribution in [2.45, 2.75) is 0 Å². The fourth-order valence-electron chi connectivity index (χ4n) is 2.61. The number of nitrogens with zero attached hydrogens (tertiary/aromatic N) is 2. The molecule has 0 spiro atoms.